The molecule has 1 aromatic rings. The largest absolute Gasteiger partial charge is 0.369 e. The number of hydrogen-bond acceptors (Lipinski definition) is 3. The first-order valence-electron chi connectivity index (χ1n) is 5.75. The summed E-state index contributed by atoms with van der Waals surface area (Å²) in [5, 5.41) is 0.287. The Morgan fingerprint density at radius 2 is 2.11 bits per heavy atom. The Bertz CT molecular complexity index is 550. The van der Waals surface area contributed by atoms with Gasteiger partial charge in [0.2, 0.25) is 5.91 Å². The van der Waals surface area contributed by atoms with Crippen LogP contribution in [-0.4, -0.2) is 34.8 Å². The van der Waals surface area contributed by atoms with Gasteiger partial charge in [-0.05, 0) is 25.5 Å². The molecule has 1 unspecified atom stereocenters. The van der Waals surface area contributed by atoms with Gasteiger partial charge in [-0.2, -0.15) is 0 Å². The molecule has 5 nitrogen and oxygen atoms in total. The monoisotopic (exact) mass is 301 g/mol. The molecule has 0 aromatic carbocycles. The lowest BCUT2D eigenvalue weighted by molar-refractivity contribution is -0.126. The lowest BCUT2D eigenvalue weighted by Gasteiger charge is -2.21. The molecule has 19 heavy (non-hydrogen) atoms. The lowest BCUT2D eigenvalue weighted by atomic mass is 9.89. The maximum absolute atomic E-state index is 12.3. The summed E-state index contributed by atoms with van der Waals surface area (Å²) in [4.78, 5) is 29.1. The number of primary amides is 1. The molecular weight excluding hydrogens is 289 g/mol. The SMILES string of the molecule is CC1(C(N)=O)CCN(C(=O)c2ccc(Cl)nc2Cl)C1. The van der Waals surface area contributed by atoms with Crippen molar-refractivity contribution in [1.29, 1.82) is 0 Å². The van der Waals surface area contributed by atoms with Crippen LogP contribution < -0.4 is 5.73 Å². The van der Waals surface area contributed by atoms with Gasteiger partial charge in [0.05, 0.1) is 11.0 Å². The second-order valence-electron chi connectivity index (χ2n) is 4.87. The van der Waals surface area contributed by atoms with Gasteiger partial charge in [0, 0.05) is 13.1 Å². The molecule has 2 rings (SSSR count). The van der Waals surface area contributed by atoms with E-state index in [0.29, 0.717) is 19.5 Å². The Balaban J connectivity index is 2.20. The highest BCUT2D eigenvalue weighted by Gasteiger charge is 2.41. The Labute approximate surface area is 120 Å². The Morgan fingerprint density at radius 3 is 2.63 bits per heavy atom. The maximum atomic E-state index is 12.3. The van der Waals surface area contributed by atoms with Crippen LogP contribution in [0.5, 0.6) is 0 Å². The third kappa shape index (κ3) is 2.67. The van der Waals surface area contributed by atoms with Crippen molar-refractivity contribution < 1.29 is 9.59 Å². The van der Waals surface area contributed by atoms with E-state index in [1.807, 2.05) is 0 Å². The van der Waals surface area contributed by atoms with E-state index in [2.05, 4.69) is 4.98 Å². The second-order valence-corrected chi connectivity index (χ2v) is 5.62. The summed E-state index contributed by atoms with van der Waals surface area (Å²) in [7, 11) is 0. The number of carbonyl (C=O) groups excluding carboxylic acids is 2. The summed E-state index contributed by atoms with van der Waals surface area (Å²) in [5.41, 5.74) is 4.95. The molecule has 1 aliphatic heterocycles. The van der Waals surface area contributed by atoms with Gasteiger partial charge in [-0.15, -0.1) is 0 Å². The first kappa shape index (κ1) is 14.1. The number of carbonyl (C=O) groups is 2. The molecule has 2 heterocycles. The maximum Gasteiger partial charge on any atom is 0.257 e. The Hall–Kier alpha value is -1.33. The number of likely N-dealkylation sites (tertiary alicyclic amines) is 1. The molecule has 102 valence electrons. The molecule has 1 aliphatic rings. The predicted octanol–water partition coefficient (Wildman–Crippen LogP) is 1.73. The molecule has 0 spiro atoms. The molecule has 7 heteroatoms. The van der Waals surface area contributed by atoms with E-state index < -0.39 is 11.3 Å². The molecule has 2 amide bonds. The van der Waals surface area contributed by atoms with Crippen LogP contribution in [0.2, 0.25) is 10.3 Å². The second kappa shape index (κ2) is 4.98. The van der Waals surface area contributed by atoms with E-state index >= 15 is 0 Å². The Kier molecular flexibility index (Phi) is 3.69. The molecule has 0 bridgehead atoms. The zero-order chi connectivity index (χ0) is 14.2. The van der Waals surface area contributed by atoms with Crippen molar-refractivity contribution in [3.8, 4) is 0 Å². The first-order valence-corrected chi connectivity index (χ1v) is 6.50. The molecule has 1 fully saturated rings. The van der Waals surface area contributed by atoms with Gasteiger partial charge in [-0.1, -0.05) is 23.2 Å². The minimum absolute atomic E-state index is 0.0604. The highest BCUT2D eigenvalue weighted by molar-refractivity contribution is 6.34. The van der Waals surface area contributed by atoms with Gasteiger partial charge in [0.25, 0.3) is 5.91 Å². The number of nitrogens with two attached hydrogens (primary N) is 1. The minimum Gasteiger partial charge on any atom is -0.369 e. The van der Waals surface area contributed by atoms with E-state index in [-0.39, 0.29) is 21.8 Å². The van der Waals surface area contributed by atoms with E-state index in [4.69, 9.17) is 28.9 Å². The van der Waals surface area contributed by atoms with Crippen molar-refractivity contribution in [2.45, 2.75) is 13.3 Å². The quantitative estimate of drug-likeness (QED) is 0.845. The van der Waals surface area contributed by atoms with Crippen molar-refractivity contribution in [3.63, 3.8) is 0 Å². The molecule has 2 N–H and O–H groups in total. The van der Waals surface area contributed by atoms with Gasteiger partial charge in [-0.25, -0.2) is 4.98 Å². The van der Waals surface area contributed by atoms with Crippen LogP contribution >= 0.6 is 23.2 Å². The van der Waals surface area contributed by atoms with Gasteiger partial charge in [0.15, 0.2) is 0 Å². The van der Waals surface area contributed by atoms with Gasteiger partial charge in [0.1, 0.15) is 10.3 Å². The Morgan fingerprint density at radius 1 is 1.42 bits per heavy atom. The topological polar surface area (TPSA) is 76.3 Å². The third-order valence-electron chi connectivity index (χ3n) is 3.40. The van der Waals surface area contributed by atoms with E-state index in [1.54, 1.807) is 11.8 Å². The highest BCUT2D eigenvalue weighted by Crippen LogP contribution is 2.31. The predicted molar refractivity (Wildman–Crippen MR) is 72.1 cm³/mol. The first-order chi connectivity index (χ1) is 8.83. The molecular formula is C12H13Cl2N3O2. The van der Waals surface area contributed by atoms with Crippen LogP contribution in [0.3, 0.4) is 0 Å². The standard InChI is InChI=1S/C12H13Cl2N3O2/c1-12(11(15)19)4-5-17(6-12)10(18)7-2-3-8(13)16-9(7)14/h2-3H,4-6H2,1H3,(H2,15,19). The zero-order valence-corrected chi connectivity index (χ0v) is 11.8. The summed E-state index contributed by atoms with van der Waals surface area (Å²) >= 11 is 11.6. The smallest absolute Gasteiger partial charge is 0.257 e. The van der Waals surface area contributed by atoms with Crippen LogP contribution in [0.1, 0.15) is 23.7 Å². The summed E-state index contributed by atoms with van der Waals surface area (Å²) in [6, 6.07) is 3.03. The highest BCUT2D eigenvalue weighted by atomic mass is 35.5. The molecule has 1 aromatic heterocycles. The van der Waals surface area contributed by atoms with E-state index in [0.717, 1.165) is 0 Å². The number of aromatic nitrogens is 1. The fourth-order valence-corrected chi connectivity index (χ4v) is 2.50. The number of rotatable bonds is 2. The average molecular weight is 302 g/mol. The number of halogens is 2. The normalized spacial score (nSPS) is 22.6. The number of nitrogens with zero attached hydrogens (tertiary/aromatic N) is 2. The molecule has 0 saturated carbocycles. The van der Waals surface area contributed by atoms with Crippen molar-refractivity contribution in [2.75, 3.05) is 13.1 Å². The van der Waals surface area contributed by atoms with Crippen LogP contribution in [0.25, 0.3) is 0 Å². The molecule has 1 atom stereocenters. The fraction of sp³-hybridized carbons (Fsp3) is 0.417. The summed E-state index contributed by atoms with van der Waals surface area (Å²) < 4.78 is 0. The minimum atomic E-state index is -0.679. The van der Waals surface area contributed by atoms with Gasteiger partial charge < -0.3 is 10.6 Å². The summed E-state index contributed by atoms with van der Waals surface area (Å²) in [6.45, 7) is 2.52. The van der Waals surface area contributed by atoms with Gasteiger partial charge in [-0.3, -0.25) is 9.59 Å². The molecule has 0 aliphatic carbocycles. The third-order valence-corrected chi connectivity index (χ3v) is 3.90. The van der Waals surface area contributed by atoms with Crippen LogP contribution in [-0.2, 0) is 4.79 Å². The van der Waals surface area contributed by atoms with Crippen molar-refractivity contribution >= 4 is 35.0 Å². The zero-order valence-electron chi connectivity index (χ0n) is 10.3. The number of hydrogen-bond donors (Lipinski definition) is 1. The summed E-state index contributed by atoms with van der Waals surface area (Å²) in [5.74, 6) is -0.665. The van der Waals surface area contributed by atoms with Gasteiger partial charge >= 0.3 is 0 Å². The number of amides is 2. The van der Waals surface area contributed by atoms with Crippen molar-refractivity contribution in [2.24, 2.45) is 11.1 Å². The fourth-order valence-electron chi connectivity index (χ4n) is 2.08. The summed E-state index contributed by atoms with van der Waals surface area (Å²) in [6.07, 6.45) is 0.548. The van der Waals surface area contributed by atoms with Crippen molar-refractivity contribution in [1.82, 2.24) is 9.88 Å². The molecule has 1 saturated heterocycles. The van der Waals surface area contributed by atoms with E-state index in [1.165, 1.54) is 12.1 Å². The number of pyridine rings is 1. The average Bonchev–Trinajstić information content (AvgIpc) is 2.73. The van der Waals surface area contributed by atoms with E-state index in [9.17, 15) is 9.59 Å². The van der Waals surface area contributed by atoms with Crippen molar-refractivity contribution in [3.05, 3.63) is 28.0 Å². The van der Waals surface area contributed by atoms with Crippen LogP contribution in [0.4, 0.5) is 0 Å². The van der Waals surface area contributed by atoms with Crippen LogP contribution in [0.15, 0.2) is 12.1 Å². The van der Waals surface area contributed by atoms with Crippen LogP contribution in [0, 0.1) is 5.41 Å². The lowest BCUT2D eigenvalue weighted by Crippen LogP contribution is -2.38. The molecule has 0 radical (unpaired) electrons.